The fourth-order valence-electron chi connectivity index (χ4n) is 2.13. The number of rotatable bonds is 2. The summed E-state index contributed by atoms with van der Waals surface area (Å²) in [6.07, 6.45) is 0.853. The smallest absolute Gasteiger partial charge is 0.256 e. The lowest BCUT2D eigenvalue weighted by Crippen LogP contribution is -2.13. The maximum atomic E-state index is 12.2. The first-order valence-electron chi connectivity index (χ1n) is 6.34. The number of amides is 1. The second-order valence-electron chi connectivity index (χ2n) is 4.64. The summed E-state index contributed by atoms with van der Waals surface area (Å²) in [5, 5.41) is 2.81. The van der Waals surface area contributed by atoms with E-state index in [0.717, 1.165) is 27.9 Å². The molecule has 102 valence electrons. The van der Waals surface area contributed by atoms with Crippen molar-refractivity contribution in [2.75, 3.05) is 11.9 Å². The number of nitrogens with zero attached hydrogens (tertiary/aromatic N) is 1. The van der Waals surface area contributed by atoms with Crippen LogP contribution in [0.2, 0.25) is 0 Å². The quantitative estimate of drug-likeness (QED) is 0.917. The monoisotopic (exact) mass is 332 g/mol. The van der Waals surface area contributed by atoms with Crippen LogP contribution < -0.4 is 10.1 Å². The van der Waals surface area contributed by atoms with Crippen molar-refractivity contribution in [3.8, 4) is 5.75 Å². The third-order valence-electron chi connectivity index (χ3n) is 3.21. The first-order chi connectivity index (χ1) is 9.63. The minimum Gasteiger partial charge on any atom is -0.493 e. The molecule has 1 aliphatic rings. The van der Waals surface area contributed by atoms with Gasteiger partial charge in [-0.3, -0.25) is 4.79 Å². The SMILES string of the molecule is Cc1nc(NC(=O)c2ccc3c(c2)CCO3)ccc1Br. The van der Waals surface area contributed by atoms with Gasteiger partial charge in [-0.15, -0.1) is 0 Å². The van der Waals surface area contributed by atoms with Gasteiger partial charge in [-0.05, 0) is 58.7 Å². The number of anilines is 1. The number of fused-ring (bicyclic) bond motifs is 1. The molecule has 0 fully saturated rings. The van der Waals surface area contributed by atoms with E-state index in [1.807, 2.05) is 25.1 Å². The lowest BCUT2D eigenvalue weighted by molar-refractivity contribution is 0.102. The van der Waals surface area contributed by atoms with Gasteiger partial charge in [-0.25, -0.2) is 4.98 Å². The number of hydrogen-bond acceptors (Lipinski definition) is 3. The molecule has 1 N–H and O–H groups in total. The van der Waals surface area contributed by atoms with Gasteiger partial charge < -0.3 is 10.1 Å². The van der Waals surface area contributed by atoms with E-state index in [1.165, 1.54) is 0 Å². The number of benzene rings is 1. The molecule has 20 heavy (non-hydrogen) atoms. The summed E-state index contributed by atoms with van der Waals surface area (Å²) in [5.74, 6) is 1.26. The number of ether oxygens (including phenoxy) is 1. The molecule has 0 radical (unpaired) electrons. The number of carbonyl (C=O) groups is 1. The van der Waals surface area contributed by atoms with Crippen LogP contribution in [0.3, 0.4) is 0 Å². The Bertz CT molecular complexity index is 686. The van der Waals surface area contributed by atoms with Gasteiger partial charge in [0.2, 0.25) is 0 Å². The predicted octanol–water partition coefficient (Wildman–Crippen LogP) is 3.34. The molecular weight excluding hydrogens is 320 g/mol. The minimum absolute atomic E-state index is 0.158. The Hall–Kier alpha value is -1.88. The average Bonchev–Trinajstić information content (AvgIpc) is 2.90. The predicted molar refractivity (Wildman–Crippen MR) is 80.3 cm³/mol. The number of aryl methyl sites for hydroxylation is 1. The molecule has 0 spiro atoms. The number of pyridine rings is 1. The molecule has 0 unspecified atom stereocenters. The number of hydrogen-bond donors (Lipinski definition) is 1. The third kappa shape index (κ3) is 2.54. The highest BCUT2D eigenvalue weighted by Crippen LogP contribution is 2.26. The lowest BCUT2D eigenvalue weighted by Gasteiger charge is -2.07. The highest BCUT2D eigenvalue weighted by Gasteiger charge is 2.15. The molecule has 0 bridgehead atoms. The van der Waals surface area contributed by atoms with E-state index in [2.05, 4.69) is 26.2 Å². The van der Waals surface area contributed by atoms with Gasteiger partial charge in [0.25, 0.3) is 5.91 Å². The van der Waals surface area contributed by atoms with E-state index < -0.39 is 0 Å². The normalized spacial score (nSPS) is 12.7. The highest BCUT2D eigenvalue weighted by atomic mass is 79.9. The summed E-state index contributed by atoms with van der Waals surface area (Å²) < 4.78 is 6.35. The van der Waals surface area contributed by atoms with Gasteiger partial charge in [0.1, 0.15) is 11.6 Å². The molecule has 2 heterocycles. The Balaban J connectivity index is 1.80. The fraction of sp³-hybridized carbons (Fsp3) is 0.200. The summed E-state index contributed by atoms with van der Waals surface area (Å²) in [6, 6.07) is 9.13. The molecule has 2 aromatic rings. The van der Waals surface area contributed by atoms with Crippen LogP contribution in [0.5, 0.6) is 5.75 Å². The zero-order valence-corrected chi connectivity index (χ0v) is 12.5. The van der Waals surface area contributed by atoms with Gasteiger partial charge in [0.05, 0.1) is 12.3 Å². The molecule has 1 aromatic carbocycles. The van der Waals surface area contributed by atoms with Crippen LogP contribution in [0.1, 0.15) is 21.6 Å². The van der Waals surface area contributed by atoms with Crippen LogP contribution >= 0.6 is 15.9 Å². The van der Waals surface area contributed by atoms with Gasteiger partial charge in [-0.2, -0.15) is 0 Å². The molecule has 4 nitrogen and oxygen atoms in total. The summed E-state index contributed by atoms with van der Waals surface area (Å²) in [5.41, 5.74) is 2.54. The van der Waals surface area contributed by atoms with Crippen molar-refractivity contribution in [2.45, 2.75) is 13.3 Å². The van der Waals surface area contributed by atoms with E-state index in [-0.39, 0.29) is 5.91 Å². The zero-order chi connectivity index (χ0) is 14.1. The van der Waals surface area contributed by atoms with Crippen molar-refractivity contribution in [1.29, 1.82) is 0 Å². The van der Waals surface area contributed by atoms with E-state index in [4.69, 9.17) is 4.74 Å². The van der Waals surface area contributed by atoms with Gasteiger partial charge in [0, 0.05) is 16.5 Å². The first-order valence-corrected chi connectivity index (χ1v) is 7.13. The maximum absolute atomic E-state index is 12.2. The summed E-state index contributed by atoms with van der Waals surface area (Å²) in [6.45, 7) is 2.57. The topological polar surface area (TPSA) is 51.2 Å². The Morgan fingerprint density at radius 3 is 3.00 bits per heavy atom. The van der Waals surface area contributed by atoms with Crippen LogP contribution in [-0.2, 0) is 6.42 Å². The van der Waals surface area contributed by atoms with Crippen LogP contribution in [0, 0.1) is 6.92 Å². The van der Waals surface area contributed by atoms with Crippen LogP contribution in [0.25, 0.3) is 0 Å². The molecule has 1 aromatic heterocycles. The first kappa shape index (κ1) is 13.1. The van der Waals surface area contributed by atoms with Crippen molar-refractivity contribution in [3.05, 3.63) is 51.6 Å². The number of aromatic nitrogens is 1. The third-order valence-corrected chi connectivity index (χ3v) is 4.05. The second kappa shape index (κ2) is 5.25. The zero-order valence-electron chi connectivity index (χ0n) is 10.9. The van der Waals surface area contributed by atoms with Crippen LogP contribution in [0.15, 0.2) is 34.8 Å². The van der Waals surface area contributed by atoms with Crippen molar-refractivity contribution < 1.29 is 9.53 Å². The molecule has 0 atom stereocenters. The Labute approximate surface area is 125 Å². The molecule has 5 heteroatoms. The fourth-order valence-corrected chi connectivity index (χ4v) is 2.35. The second-order valence-corrected chi connectivity index (χ2v) is 5.49. The average molecular weight is 333 g/mol. The van der Waals surface area contributed by atoms with E-state index in [0.29, 0.717) is 18.0 Å². The Morgan fingerprint density at radius 1 is 1.35 bits per heavy atom. The van der Waals surface area contributed by atoms with Crippen molar-refractivity contribution >= 4 is 27.7 Å². The van der Waals surface area contributed by atoms with Crippen molar-refractivity contribution in [1.82, 2.24) is 4.98 Å². The van der Waals surface area contributed by atoms with Gasteiger partial charge in [0.15, 0.2) is 0 Å². The maximum Gasteiger partial charge on any atom is 0.256 e. The number of nitrogens with one attached hydrogen (secondary N) is 1. The summed E-state index contributed by atoms with van der Waals surface area (Å²) in [4.78, 5) is 16.5. The molecule has 1 aliphatic heterocycles. The number of carbonyl (C=O) groups excluding carboxylic acids is 1. The summed E-state index contributed by atoms with van der Waals surface area (Å²) in [7, 11) is 0. The molecule has 1 amide bonds. The lowest BCUT2D eigenvalue weighted by atomic mass is 10.1. The molecule has 3 rings (SSSR count). The molecule has 0 saturated carbocycles. The number of halogens is 1. The molecular formula is C15H13BrN2O2. The van der Waals surface area contributed by atoms with E-state index in [9.17, 15) is 4.79 Å². The van der Waals surface area contributed by atoms with Crippen molar-refractivity contribution in [3.63, 3.8) is 0 Å². The van der Waals surface area contributed by atoms with Crippen LogP contribution in [-0.4, -0.2) is 17.5 Å². The van der Waals surface area contributed by atoms with Crippen LogP contribution in [0.4, 0.5) is 5.82 Å². The van der Waals surface area contributed by atoms with E-state index in [1.54, 1.807) is 12.1 Å². The van der Waals surface area contributed by atoms with Crippen molar-refractivity contribution in [2.24, 2.45) is 0 Å². The van der Waals surface area contributed by atoms with E-state index >= 15 is 0 Å². The minimum atomic E-state index is -0.158. The Morgan fingerprint density at radius 2 is 2.20 bits per heavy atom. The van der Waals surface area contributed by atoms with Gasteiger partial charge in [-0.1, -0.05) is 0 Å². The highest BCUT2D eigenvalue weighted by molar-refractivity contribution is 9.10. The standard InChI is InChI=1S/C15H13BrN2O2/c1-9-12(16)3-5-14(17-9)18-15(19)11-2-4-13-10(8-11)6-7-20-13/h2-5,8H,6-7H2,1H3,(H,17,18,19). The molecule has 0 saturated heterocycles. The largest absolute Gasteiger partial charge is 0.493 e. The summed E-state index contributed by atoms with van der Waals surface area (Å²) >= 11 is 3.39. The Kier molecular flexibility index (Phi) is 3.44. The molecule has 0 aliphatic carbocycles. The van der Waals surface area contributed by atoms with Gasteiger partial charge >= 0.3 is 0 Å².